The van der Waals surface area contributed by atoms with Gasteiger partial charge in [0.1, 0.15) is 5.75 Å². The van der Waals surface area contributed by atoms with Crippen LogP contribution in [-0.2, 0) is 11.4 Å². The Morgan fingerprint density at radius 1 is 1.39 bits per heavy atom. The predicted molar refractivity (Wildman–Crippen MR) is 79.0 cm³/mol. The minimum absolute atomic E-state index is 0.0878. The Morgan fingerprint density at radius 3 is 2.74 bits per heavy atom. The number of methoxy groups -OCH3 is 1. The van der Waals surface area contributed by atoms with Crippen molar-refractivity contribution in [2.45, 2.75) is 38.5 Å². The number of nitrogens with one attached hydrogen (secondary N) is 1. The third-order valence-electron chi connectivity index (χ3n) is 4.23. The molecular formula is C16H20F3NO3. The number of aliphatic hydroxyl groups excluding tert-OH is 1. The number of benzene rings is 1. The highest BCUT2D eigenvalue weighted by Crippen LogP contribution is 2.40. The van der Waals surface area contributed by atoms with Gasteiger partial charge in [0.05, 0.1) is 19.6 Å². The molecule has 2 N–H and O–H groups in total. The molecule has 0 radical (unpaired) electrons. The zero-order chi connectivity index (χ0) is 17.0. The summed E-state index contributed by atoms with van der Waals surface area (Å²) in [7, 11) is 1.46. The molecule has 1 aliphatic rings. The number of ether oxygens (including phenoxy) is 1. The Bertz CT molecular complexity index is 560. The number of amides is 1. The largest absolute Gasteiger partial charge is 0.496 e. The van der Waals surface area contributed by atoms with E-state index in [4.69, 9.17) is 4.74 Å². The highest BCUT2D eigenvalue weighted by atomic mass is 19.4. The van der Waals surface area contributed by atoms with Crippen LogP contribution in [0.15, 0.2) is 18.2 Å². The summed E-state index contributed by atoms with van der Waals surface area (Å²) in [5.74, 6) is -1.97. The fraction of sp³-hybridized carbons (Fsp3) is 0.562. The van der Waals surface area contributed by atoms with Crippen molar-refractivity contribution < 1.29 is 27.8 Å². The van der Waals surface area contributed by atoms with E-state index in [0.717, 1.165) is 0 Å². The Labute approximate surface area is 132 Å². The Kier molecular flexibility index (Phi) is 5.51. The molecule has 1 aromatic rings. The highest BCUT2D eigenvalue weighted by molar-refractivity contribution is 5.92. The zero-order valence-electron chi connectivity index (χ0n) is 12.8. The highest BCUT2D eigenvalue weighted by Gasteiger charge is 2.43. The van der Waals surface area contributed by atoms with E-state index in [-0.39, 0.29) is 19.4 Å². The van der Waals surface area contributed by atoms with Gasteiger partial charge in [0.25, 0.3) is 0 Å². The van der Waals surface area contributed by atoms with E-state index in [9.17, 15) is 23.1 Å². The number of carbonyl (C=O) groups excluding carboxylic acids is 1. The van der Waals surface area contributed by atoms with Gasteiger partial charge in [-0.15, -0.1) is 0 Å². The molecule has 0 saturated heterocycles. The SMILES string of the molecule is COc1ccc(NC(=O)C2CCCC(C(F)(F)F)C2)cc1CO. The monoisotopic (exact) mass is 331 g/mol. The van der Waals surface area contributed by atoms with E-state index in [1.165, 1.54) is 7.11 Å². The minimum Gasteiger partial charge on any atom is -0.496 e. The molecule has 0 heterocycles. The van der Waals surface area contributed by atoms with Crippen LogP contribution in [0.5, 0.6) is 5.75 Å². The molecule has 1 aliphatic carbocycles. The molecule has 1 amide bonds. The van der Waals surface area contributed by atoms with Crippen LogP contribution in [0, 0.1) is 11.8 Å². The van der Waals surface area contributed by atoms with Crippen LogP contribution < -0.4 is 10.1 Å². The molecule has 0 bridgehead atoms. The van der Waals surface area contributed by atoms with Crippen LogP contribution >= 0.6 is 0 Å². The molecule has 0 spiro atoms. The summed E-state index contributed by atoms with van der Waals surface area (Å²) in [6.45, 7) is -0.257. The second-order valence-electron chi connectivity index (χ2n) is 5.78. The minimum atomic E-state index is -4.25. The van der Waals surface area contributed by atoms with Gasteiger partial charge in [-0.05, 0) is 37.5 Å². The maximum Gasteiger partial charge on any atom is 0.391 e. The van der Waals surface area contributed by atoms with Gasteiger partial charge in [0, 0.05) is 17.2 Å². The van der Waals surface area contributed by atoms with Crippen molar-refractivity contribution in [3.8, 4) is 5.75 Å². The number of carbonyl (C=O) groups is 1. The van der Waals surface area contributed by atoms with Crippen molar-refractivity contribution in [2.24, 2.45) is 11.8 Å². The molecule has 2 rings (SSSR count). The first-order valence-electron chi connectivity index (χ1n) is 7.50. The first-order chi connectivity index (χ1) is 10.8. The van der Waals surface area contributed by atoms with Crippen molar-refractivity contribution in [3.63, 3.8) is 0 Å². The van der Waals surface area contributed by atoms with Crippen molar-refractivity contribution >= 4 is 11.6 Å². The molecule has 2 atom stereocenters. The molecule has 1 saturated carbocycles. The van der Waals surface area contributed by atoms with E-state index < -0.39 is 23.9 Å². The molecule has 0 aliphatic heterocycles. The summed E-state index contributed by atoms with van der Waals surface area (Å²) in [5.41, 5.74) is 0.941. The van der Waals surface area contributed by atoms with Gasteiger partial charge in [-0.1, -0.05) is 6.42 Å². The molecule has 7 heteroatoms. The van der Waals surface area contributed by atoms with Gasteiger partial charge in [0.15, 0.2) is 0 Å². The van der Waals surface area contributed by atoms with Crippen molar-refractivity contribution in [1.82, 2.24) is 0 Å². The molecule has 128 valence electrons. The summed E-state index contributed by atoms with van der Waals surface area (Å²) in [4.78, 5) is 12.2. The smallest absolute Gasteiger partial charge is 0.391 e. The molecule has 4 nitrogen and oxygen atoms in total. The number of anilines is 1. The van der Waals surface area contributed by atoms with Gasteiger partial charge in [-0.2, -0.15) is 13.2 Å². The fourth-order valence-corrected chi connectivity index (χ4v) is 2.95. The van der Waals surface area contributed by atoms with Gasteiger partial charge in [-0.3, -0.25) is 4.79 Å². The predicted octanol–water partition coefficient (Wildman–Crippen LogP) is 3.49. The van der Waals surface area contributed by atoms with Gasteiger partial charge in [-0.25, -0.2) is 0 Å². The molecular weight excluding hydrogens is 311 g/mol. The standard InChI is InChI=1S/C16H20F3NO3/c1-23-14-6-5-13(8-11(14)9-21)20-15(22)10-3-2-4-12(7-10)16(17,18)19/h5-6,8,10,12,21H,2-4,7,9H2,1H3,(H,20,22). The van der Waals surface area contributed by atoms with Crippen LogP contribution in [0.25, 0.3) is 0 Å². The van der Waals surface area contributed by atoms with E-state index in [1.54, 1.807) is 18.2 Å². The Morgan fingerprint density at radius 2 is 2.13 bits per heavy atom. The quantitative estimate of drug-likeness (QED) is 0.888. The van der Waals surface area contributed by atoms with Gasteiger partial charge < -0.3 is 15.2 Å². The Hall–Kier alpha value is -1.76. The molecule has 2 unspecified atom stereocenters. The molecule has 1 fully saturated rings. The van der Waals surface area contributed by atoms with E-state index >= 15 is 0 Å². The van der Waals surface area contributed by atoms with E-state index in [1.807, 2.05) is 0 Å². The zero-order valence-corrected chi connectivity index (χ0v) is 12.8. The average Bonchev–Trinajstić information content (AvgIpc) is 2.54. The Balaban J connectivity index is 2.04. The van der Waals surface area contributed by atoms with Crippen LogP contribution in [0.2, 0.25) is 0 Å². The van der Waals surface area contributed by atoms with Crippen LogP contribution in [0.3, 0.4) is 0 Å². The van der Waals surface area contributed by atoms with Crippen LogP contribution in [0.1, 0.15) is 31.2 Å². The number of hydrogen-bond donors (Lipinski definition) is 2. The summed E-state index contributed by atoms with van der Waals surface area (Å²) in [6.07, 6.45) is -3.47. The number of aliphatic hydroxyl groups is 1. The number of halogens is 3. The van der Waals surface area contributed by atoms with Crippen LogP contribution in [-0.4, -0.2) is 24.3 Å². The van der Waals surface area contributed by atoms with Gasteiger partial charge in [0.2, 0.25) is 5.91 Å². The summed E-state index contributed by atoms with van der Waals surface area (Å²) < 4.78 is 43.5. The molecule has 1 aromatic carbocycles. The third kappa shape index (κ3) is 4.37. The average molecular weight is 331 g/mol. The van der Waals surface area contributed by atoms with Crippen molar-refractivity contribution in [3.05, 3.63) is 23.8 Å². The van der Waals surface area contributed by atoms with Gasteiger partial charge >= 0.3 is 6.18 Å². The van der Waals surface area contributed by atoms with Crippen molar-refractivity contribution in [1.29, 1.82) is 0 Å². The fourth-order valence-electron chi connectivity index (χ4n) is 2.95. The number of alkyl halides is 3. The molecule has 23 heavy (non-hydrogen) atoms. The summed E-state index contributed by atoms with van der Waals surface area (Å²) >= 11 is 0. The second kappa shape index (κ2) is 7.21. The van der Waals surface area contributed by atoms with E-state index in [2.05, 4.69) is 5.32 Å². The maximum atomic E-state index is 12.8. The number of hydrogen-bond acceptors (Lipinski definition) is 3. The van der Waals surface area contributed by atoms with E-state index in [0.29, 0.717) is 29.8 Å². The lowest BCUT2D eigenvalue weighted by molar-refractivity contribution is -0.185. The van der Waals surface area contributed by atoms with Crippen molar-refractivity contribution in [2.75, 3.05) is 12.4 Å². The lowest BCUT2D eigenvalue weighted by Crippen LogP contribution is -2.34. The lowest BCUT2D eigenvalue weighted by atomic mass is 9.80. The maximum absolute atomic E-state index is 12.8. The second-order valence-corrected chi connectivity index (χ2v) is 5.78. The van der Waals surface area contributed by atoms with Crippen LogP contribution in [0.4, 0.5) is 18.9 Å². The summed E-state index contributed by atoms with van der Waals surface area (Å²) in [6, 6.07) is 4.75. The first kappa shape index (κ1) is 17.6. The number of rotatable bonds is 4. The lowest BCUT2D eigenvalue weighted by Gasteiger charge is -2.29. The topological polar surface area (TPSA) is 58.6 Å². The normalized spacial score (nSPS) is 21.8. The molecule has 0 aromatic heterocycles. The third-order valence-corrected chi connectivity index (χ3v) is 4.23. The summed E-state index contributed by atoms with van der Waals surface area (Å²) in [5, 5.41) is 11.9. The first-order valence-corrected chi connectivity index (χ1v) is 7.50.